The average Bonchev–Trinajstić information content (AvgIpc) is 2.45. The molecule has 2 aromatic rings. The van der Waals surface area contributed by atoms with Crippen molar-refractivity contribution in [2.45, 2.75) is 11.8 Å². The highest BCUT2D eigenvalue weighted by Crippen LogP contribution is 2.22. The monoisotopic (exact) mass is 350 g/mol. The van der Waals surface area contributed by atoms with Crippen LogP contribution in [0.3, 0.4) is 0 Å². The summed E-state index contributed by atoms with van der Waals surface area (Å²) < 4.78 is 24.8. The number of sulfonamides is 1. The molecule has 0 spiro atoms. The predicted octanol–water partition coefficient (Wildman–Crippen LogP) is 3.10. The average molecular weight is 350 g/mol. The van der Waals surface area contributed by atoms with E-state index in [0.717, 1.165) is 16.7 Å². The molecular formula is C16H18N2O3S2. The van der Waals surface area contributed by atoms with Crippen LogP contribution in [0.25, 0.3) is 0 Å². The molecule has 7 heteroatoms. The van der Waals surface area contributed by atoms with E-state index in [1.807, 2.05) is 31.2 Å². The molecule has 0 fully saturated rings. The lowest BCUT2D eigenvalue weighted by atomic mass is 10.2. The van der Waals surface area contributed by atoms with Gasteiger partial charge >= 0.3 is 0 Å². The molecule has 0 unspecified atom stereocenters. The van der Waals surface area contributed by atoms with Crippen LogP contribution in [-0.2, 0) is 14.8 Å². The van der Waals surface area contributed by atoms with Gasteiger partial charge in [-0.2, -0.15) is 0 Å². The number of thioether (sulfide) groups is 1. The summed E-state index contributed by atoms with van der Waals surface area (Å²) in [5.74, 6) is 0.143. The van der Waals surface area contributed by atoms with Gasteiger partial charge in [0.05, 0.1) is 17.7 Å². The lowest BCUT2D eigenvalue weighted by Gasteiger charge is -2.09. The normalized spacial score (nSPS) is 11.0. The third kappa shape index (κ3) is 5.96. The molecule has 0 heterocycles. The smallest absolute Gasteiger partial charge is 0.234 e. The lowest BCUT2D eigenvalue weighted by molar-refractivity contribution is -0.113. The van der Waals surface area contributed by atoms with E-state index in [-0.39, 0.29) is 11.7 Å². The molecule has 0 saturated heterocycles. The van der Waals surface area contributed by atoms with Gasteiger partial charge in [-0.3, -0.25) is 9.52 Å². The maximum Gasteiger partial charge on any atom is 0.234 e. The number of benzene rings is 2. The van der Waals surface area contributed by atoms with Crippen LogP contribution in [0, 0.1) is 6.92 Å². The zero-order chi connectivity index (χ0) is 16.9. The van der Waals surface area contributed by atoms with Crippen LogP contribution < -0.4 is 10.0 Å². The second-order valence-electron chi connectivity index (χ2n) is 5.06. The number of hydrogen-bond donors (Lipinski definition) is 2. The second-order valence-corrected chi connectivity index (χ2v) is 7.82. The third-order valence-corrected chi connectivity index (χ3v) is 4.68. The van der Waals surface area contributed by atoms with E-state index in [1.54, 1.807) is 24.3 Å². The molecule has 1 amide bonds. The highest BCUT2D eigenvalue weighted by Gasteiger charge is 2.07. The highest BCUT2D eigenvalue weighted by atomic mass is 32.2. The minimum Gasteiger partial charge on any atom is -0.325 e. The number of rotatable bonds is 6. The van der Waals surface area contributed by atoms with Gasteiger partial charge in [-0.05, 0) is 36.8 Å². The molecule has 0 radical (unpaired) electrons. The highest BCUT2D eigenvalue weighted by molar-refractivity contribution is 8.00. The van der Waals surface area contributed by atoms with E-state index >= 15 is 0 Å². The summed E-state index contributed by atoms with van der Waals surface area (Å²) in [6, 6.07) is 14.5. The quantitative estimate of drug-likeness (QED) is 0.785. The lowest BCUT2D eigenvalue weighted by Crippen LogP contribution is -2.15. The summed E-state index contributed by atoms with van der Waals surface area (Å²) in [5.41, 5.74) is 2.09. The molecule has 2 rings (SSSR count). The largest absolute Gasteiger partial charge is 0.325 e. The summed E-state index contributed by atoms with van der Waals surface area (Å²) in [5, 5.41) is 2.76. The standard InChI is InChI=1S/C16H18N2O3S2/c1-12-6-3-4-9-15(12)22-11-16(19)17-13-7-5-8-14(10-13)18-23(2,20)21/h3-10,18H,11H2,1-2H3,(H,17,19). The Bertz CT molecular complexity index is 804. The fourth-order valence-electron chi connectivity index (χ4n) is 1.93. The Morgan fingerprint density at radius 2 is 1.78 bits per heavy atom. The third-order valence-electron chi connectivity index (χ3n) is 2.90. The molecule has 0 aliphatic heterocycles. The van der Waals surface area contributed by atoms with Crippen LogP contribution in [-0.4, -0.2) is 26.3 Å². The molecule has 0 atom stereocenters. The van der Waals surface area contributed by atoms with Crippen LogP contribution >= 0.6 is 11.8 Å². The molecule has 0 aromatic heterocycles. The molecule has 2 N–H and O–H groups in total. The Labute approximate surface area is 140 Å². The van der Waals surface area contributed by atoms with Gasteiger partial charge in [-0.1, -0.05) is 24.3 Å². The first-order valence-corrected chi connectivity index (χ1v) is 9.77. The predicted molar refractivity (Wildman–Crippen MR) is 95.4 cm³/mol. The fraction of sp³-hybridized carbons (Fsp3) is 0.188. The minimum atomic E-state index is -3.34. The van der Waals surface area contributed by atoms with Gasteiger partial charge in [0.1, 0.15) is 0 Å². The second kappa shape index (κ2) is 7.52. The number of aryl methyl sites for hydroxylation is 1. The van der Waals surface area contributed by atoms with Crippen LogP contribution in [0.1, 0.15) is 5.56 Å². The van der Waals surface area contributed by atoms with Crippen LogP contribution in [0.15, 0.2) is 53.4 Å². The summed E-state index contributed by atoms with van der Waals surface area (Å²) in [6.07, 6.45) is 1.08. The molecule has 0 aliphatic rings. The number of anilines is 2. The molecule has 2 aromatic carbocycles. The summed E-state index contributed by atoms with van der Waals surface area (Å²) in [6.45, 7) is 2.00. The van der Waals surface area contributed by atoms with Crippen LogP contribution in [0.5, 0.6) is 0 Å². The van der Waals surface area contributed by atoms with Crippen LogP contribution in [0.2, 0.25) is 0 Å². The number of carbonyl (C=O) groups is 1. The molecule has 0 aliphatic carbocycles. The van der Waals surface area contributed by atoms with Crippen molar-refractivity contribution in [3.8, 4) is 0 Å². The van der Waals surface area contributed by atoms with Gasteiger partial charge in [0, 0.05) is 10.6 Å². The van der Waals surface area contributed by atoms with Crippen LogP contribution in [0.4, 0.5) is 11.4 Å². The van der Waals surface area contributed by atoms with E-state index in [1.165, 1.54) is 11.8 Å². The summed E-state index contributed by atoms with van der Waals surface area (Å²) in [7, 11) is -3.34. The first-order chi connectivity index (χ1) is 10.8. The zero-order valence-corrected chi connectivity index (χ0v) is 14.5. The SMILES string of the molecule is Cc1ccccc1SCC(=O)Nc1cccc(NS(C)(=O)=O)c1. The van der Waals surface area contributed by atoms with Gasteiger partial charge in [0.15, 0.2) is 0 Å². The van der Waals surface area contributed by atoms with Crippen molar-refractivity contribution in [1.82, 2.24) is 0 Å². The fourth-order valence-corrected chi connectivity index (χ4v) is 3.32. The Balaban J connectivity index is 1.95. The Hall–Kier alpha value is -1.99. The van der Waals surface area contributed by atoms with Crippen molar-refractivity contribution in [3.63, 3.8) is 0 Å². The van der Waals surface area contributed by atoms with E-state index in [0.29, 0.717) is 11.4 Å². The minimum absolute atomic E-state index is 0.144. The summed E-state index contributed by atoms with van der Waals surface area (Å²) in [4.78, 5) is 13.1. The van der Waals surface area contributed by atoms with Crippen molar-refractivity contribution in [1.29, 1.82) is 0 Å². The number of hydrogen-bond acceptors (Lipinski definition) is 4. The Morgan fingerprint density at radius 1 is 1.09 bits per heavy atom. The Kier molecular flexibility index (Phi) is 5.68. The topological polar surface area (TPSA) is 75.3 Å². The molecule has 0 bridgehead atoms. The van der Waals surface area contributed by atoms with Gasteiger partial charge < -0.3 is 5.32 Å². The van der Waals surface area contributed by atoms with E-state index in [4.69, 9.17) is 0 Å². The van der Waals surface area contributed by atoms with E-state index in [2.05, 4.69) is 10.0 Å². The van der Waals surface area contributed by atoms with Crippen molar-refractivity contribution < 1.29 is 13.2 Å². The zero-order valence-electron chi connectivity index (χ0n) is 12.9. The number of amides is 1. The molecular weight excluding hydrogens is 332 g/mol. The van der Waals surface area contributed by atoms with E-state index < -0.39 is 10.0 Å². The summed E-state index contributed by atoms with van der Waals surface area (Å²) >= 11 is 1.47. The van der Waals surface area contributed by atoms with Crippen molar-refractivity contribution in [3.05, 3.63) is 54.1 Å². The maximum atomic E-state index is 12.0. The van der Waals surface area contributed by atoms with Gasteiger partial charge in [-0.25, -0.2) is 8.42 Å². The first kappa shape index (κ1) is 17.4. The molecule has 0 saturated carbocycles. The Morgan fingerprint density at radius 3 is 2.48 bits per heavy atom. The molecule has 23 heavy (non-hydrogen) atoms. The van der Waals surface area contributed by atoms with Gasteiger partial charge in [0.2, 0.25) is 15.9 Å². The number of nitrogens with one attached hydrogen (secondary N) is 2. The van der Waals surface area contributed by atoms with Crippen molar-refractivity contribution in [2.75, 3.05) is 22.0 Å². The van der Waals surface area contributed by atoms with E-state index in [9.17, 15) is 13.2 Å². The number of carbonyl (C=O) groups excluding carboxylic acids is 1. The maximum absolute atomic E-state index is 12.0. The molecule has 5 nitrogen and oxygen atoms in total. The first-order valence-electron chi connectivity index (χ1n) is 6.89. The van der Waals surface area contributed by atoms with Crippen molar-refractivity contribution >= 4 is 39.1 Å². The molecule has 122 valence electrons. The van der Waals surface area contributed by atoms with Gasteiger partial charge in [-0.15, -0.1) is 11.8 Å². The van der Waals surface area contributed by atoms with Gasteiger partial charge in [0.25, 0.3) is 0 Å². The van der Waals surface area contributed by atoms with Crippen molar-refractivity contribution in [2.24, 2.45) is 0 Å².